The lowest BCUT2D eigenvalue weighted by Crippen LogP contribution is -2.38. The summed E-state index contributed by atoms with van der Waals surface area (Å²) < 4.78 is 7.83. The van der Waals surface area contributed by atoms with Crippen molar-refractivity contribution >= 4 is 5.82 Å². The Morgan fingerprint density at radius 3 is 3.11 bits per heavy atom. The van der Waals surface area contributed by atoms with Crippen LogP contribution in [0.4, 0.5) is 5.82 Å². The van der Waals surface area contributed by atoms with Gasteiger partial charge in [0.1, 0.15) is 5.82 Å². The number of aromatic nitrogens is 3. The maximum absolute atomic E-state index is 5.76. The zero-order valence-corrected chi connectivity index (χ0v) is 11.0. The second-order valence-corrected chi connectivity index (χ2v) is 5.27. The fraction of sp³-hybridized carbons (Fsp3) is 0.429. The summed E-state index contributed by atoms with van der Waals surface area (Å²) in [6.07, 6.45) is 7.64. The van der Waals surface area contributed by atoms with Gasteiger partial charge in [0, 0.05) is 18.4 Å². The van der Waals surface area contributed by atoms with E-state index in [0.717, 1.165) is 37.3 Å². The summed E-state index contributed by atoms with van der Waals surface area (Å²) in [6, 6.07) is 3.83. The van der Waals surface area contributed by atoms with Gasteiger partial charge in [-0.3, -0.25) is 0 Å². The van der Waals surface area contributed by atoms with Crippen LogP contribution in [0.3, 0.4) is 0 Å². The molecular weight excluding hydrogens is 240 g/mol. The molecule has 5 heteroatoms. The van der Waals surface area contributed by atoms with Crippen molar-refractivity contribution in [3.8, 4) is 11.3 Å². The second kappa shape index (κ2) is 4.66. The van der Waals surface area contributed by atoms with Gasteiger partial charge in [0.05, 0.1) is 30.4 Å². The van der Waals surface area contributed by atoms with Crippen molar-refractivity contribution in [1.29, 1.82) is 0 Å². The van der Waals surface area contributed by atoms with E-state index in [0.29, 0.717) is 5.82 Å². The molecule has 3 heterocycles. The van der Waals surface area contributed by atoms with Gasteiger partial charge in [-0.05, 0) is 31.9 Å². The molecule has 0 spiro atoms. The SMILES string of the molecule is CC1(n2cncc2-c2ccnc(N)c2)CCCOC1. The van der Waals surface area contributed by atoms with Crippen molar-refractivity contribution in [3.63, 3.8) is 0 Å². The topological polar surface area (TPSA) is 66.0 Å². The molecule has 0 radical (unpaired) electrons. The van der Waals surface area contributed by atoms with Crippen LogP contribution in [-0.4, -0.2) is 27.7 Å². The van der Waals surface area contributed by atoms with E-state index in [1.54, 1.807) is 6.20 Å². The van der Waals surface area contributed by atoms with Crippen molar-refractivity contribution in [3.05, 3.63) is 30.9 Å². The number of imidazole rings is 1. The minimum Gasteiger partial charge on any atom is -0.384 e. The highest BCUT2D eigenvalue weighted by atomic mass is 16.5. The van der Waals surface area contributed by atoms with E-state index in [4.69, 9.17) is 10.5 Å². The van der Waals surface area contributed by atoms with Crippen LogP contribution in [-0.2, 0) is 10.3 Å². The zero-order valence-electron chi connectivity index (χ0n) is 11.0. The van der Waals surface area contributed by atoms with Crippen LogP contribution in [0.25, 0.3) is 11.3 Å². The summed E-state index contributed by atoms with van der Waals surface area (Å²) in [5.74, 6) is 0.523. The highest BCUT2D eigenvalue weighted by molar-refractivity contribution is 5.62. The van der Waals surface area contributed by atoms with Crippen molar-refractivity contribution in [1.82, 2.24) is 14.5 Å². The molecular formula is C14H18N4O. The Morgan fingerprint density at radius 1 is 1.47 bits per heavy atom. The van der Waals surface area contributed by atoms with E-state index in [-0.39, 0.29) is 5.54 Å². The number of nitrogens with zero attached hydrogens (tertiary/aromatic N) is 3. The zero-order chi connectivity index (χ0) is 13.3. The smallest absolute Gasteiger partial charge is 0.123 e. The van der Waals surface area contributed by atoms with Gasteiger partial charge < -0.3 is 15.0 Å². The first kappa shape index (κ1) is 12.2. The van der Waals surface area contributed by atoms with Gasteiger partial charge in [-0.1, -0.05) is 0 Å². The minimum atomic E-state index is -0.0396. The van der Waals surface area contributed by atoms with Gasteiger partial charge in [-0.15, -0.1) is 0 Å². The molecule has 0 bridgehead atoms. The monoisotopic (exact) mass is 258 g/mol. The van der Waals surface area contributed by atoms with Gasteiger partial charge in [-0.25, -0.2) is 9.97 Å². The maximum atomic E-state index is 5.76. The molecule has 19 heavy (non-hydrogen) atoms. The number of hydrogen-bond acceptors (Lipinski definition) is 4. The van der Waals surface area contributed by atoms with Gasteiger partial charge in [0.25, 0.3) is 0 Å². The molecule has 3 rings (SSSR count). The Balaban J connectivity index is 2.03. The number of rotatable bonds is 2. The predicted molar refractivity (Wildman–Crippen MR) is 73.6 cm³/mol. The lowest BCUT2D eigenvalue weighted by atomic mass is 9.94. The first-order chi connectivity index (χ1) is 9.19. The molecule has 1 atom stereocenters. The maximum Gasteiger partial charge on any atom is 0.123 e. The van der Waals surface area contributed by atoms with Gasteiger partial charge in [-0.2, -0.15) is 0 Å². The molecule has 5 nitrogen and oxygen atoms in total. The lowest BCUT2D eigenvalue weighted by Gasteiger charge is -2.36. The third-order valence-electron chi connectivity index (χ3n) is 3.71. The van der Waals surface area contributed by atoms with E-state index in [2.05, 4.69) is 21.5 Å². The number of nitrogens with two attached hydrogens (primary N) is 1. The summed E-state index contributed by atoms with van der Waals surface area (Å²) >= 11 is 0. The van der Waals surface area contributed by atoms with Crippen molar-refractivity contribution in [2.45, 2.75) is 25.3 Å². The average Bonchev–Trinajstić information content (AvgIpc) is 2.89. The molecule has 1 fully saturated rings. The van der Waals surface area contributed by atoms with E-state index in [9.17, 15) is 0 Å². The predicted octanol–water partition coefficient (Wildman–Crippen LogP) is 2.05. The van der Waals surface area contributed by atoms with Crippen LogP contribution in [0, 0.1) is 0 Å². The molecule has 1 aliphatic rings. The highest BCUT2D eigenvalue weighted by Crippen LogP contribution is 2.32. The summed E-state index contributed by atoms with van der Waals surface area (Å²) in [4.78, 5) is 8.33. The molecule has 1 aliphatic heterocycles. The number of pyridine rings is 1. The van der Waals surface area contributed by atoms with E-state index >= 15 is 0 Å². The fourth-order valence-corrected chi connectivity index (χ4v) is 2.66. The average molecular weight is 258 g/mol. The quantitative estimate of drug-likeness (QED) is 0.895. The molecule has 100 valence electrons. The summed E-state index contributed by atoms with van der Waals surface area (Å²) in [5, 5.41) is 0. The van der Waals surface area contributed by atoms with Gasteiger partial charge >= 0.3 is 0 Å². The van der Waals surface area contributed by atoms with Crippen molar-refractivity contribution in [2.24, 2.45) is 0 Å². The number of hydrogen-bond donors (Lipinski definition) is 1. The normalized spacial score (nSPS) is 23.4. The summed E-state index contributed by atoms with van der Waals surface area (Å²) in [6.45, 7) is 3.78. The van der Waals surface area contributed by atoms with Crippen molar-refractivity contribution in [2.75, 3.05) is 18.9 Å². The molecule has 2 aromatic rings. The first-order valence-electron chi connectivity index (χ1n) is 6.51. The summed E-state index contributed by atoms with van der Waals surface area (Å²) in [5.41, 5.74) is 7.82. The van der Waals surface area contributed by atoms with Gasteiger partial charge in [0.2, 0.25) is 0 Å². The summed E-state index contributed by atoms with van der Waals surface area (Å²) in [7, 11) is 0. The fourth-order valence-electron chi connectivity index (χ4n) is 2.66. The number of anilines is 1. The Labute approximate surface area is 112 Å². The molecule has 0 aliphatic carbocycles. The van der Waals surface area contributed by atoms with Crippen LogP contribution in [0.2, 0.25) is 0 Å². The van der Waals surface area contributed by atoms with Crippen LogP contribution >= 0.6 is 0 Å². The molecule has 1 unspecified atom stereocenters. The van der Waals surface area contributed by atoms with Crippen LogP contribution in [0.5, 0.6) is 0 Å². The first-order valence-corrected chi connectivity index (χ1v) is 6.51. The molecule has 0 aromatic carbocycles. The van der Waals surface area contributed by atoms with Crippen molar-refractivity contribution < 1.29 is 4.74 Å². The number of nitrogen functional groups attached to an aromatic ring is 1. The molecule has 1 saturated heterocycles. The van der Waals surface area contributed by atoms with E-state index < -0.39 is 0 Å². The van der Waals surface area contributed by atoms with E-state index in [1.807, 2.05) is 24.7 Å². The molecule has 0 saturated carbocycles. The molecule has 2 aromatic heterocycles. The largest absolute Gasteiger partial charge is 0.384 e. The lowest BCUT2D eigenvalue weighted by molar-refractivity contribution is 0.0102. The Morgan fingerprint density at radius 2 is 2.37 bits per heavy atom. The highest BCUT2D eigenvalue weighted by Gasteiger charge is 2.31. The Bertz CT molecular complexity index is 572. The van der Waals surface area contributed by atoms with E-state index in [1.165, 1.54) is 0 Å². The standard InChI is InChI=1S/C14H18N4O/c1-14(4-2-6-19-9-14)18-10-16-8-12(18)11-3-5-17-13(15)7-11/h3,5,7-8,10H,2,4,6,9H2,1H3,(H2,15,17). The molecule has 0 amide bonds. The third-order valence-corrected chi connectivity index (χ3v) is 3.71. The second-order valence-electron chi connectivity index (χ2n) is 5.27. The molecule has 2 N–H and O–H groups in total. The minimum absolute atomic E-state index is 0.0396. The van der Waals surface area contributed by atoms with Crippen LogP contribution in [0.15, 0.2) is 30.9 Å². The third kappa shape index (κ3) is 2.21. The van der Waals surface area contributed by atoms with Crippen LogP contribution in [0.1, 0.15) is 19.8 Å². The Hall–Kier alpha value is -1.88. The van der Waals surface area contributed by atoms with Gasteiger partial charge in [0.15, 0.2) is 0 Å². The Kier molecular flexibility index (Phi) is 2.98. The number of ether oxygens (including phenoxy) is 1. The van der Waals surface area contributed by atoms with Crippen LogP contribution < -0.4 is 5.73 Å².